The Labute approximate surface area is 212 Å². The Bertz CT molecular complexity index is 1170. The van der Waals surface area contributed by atoms with E-state index in [0.717, 1.165) is 53.5 Å². The number of likely N-dealkylation sites (N-methyl/N-ethyl adjacent to an activating group) is 1. The molecule has 1 fully saturated rings. The summed E-state index contributed by atoms with van der Waals surface area (Å²) in [5.41, 5.74) is 2.42. The second-order valence-corrected chi connectivity index (χ2v) is 10.4. The van der Waals surface area contributed by atoms with Crippen LogP contribution >= 0.6 is 0 Å². The monoisotopic (exact) mass is 492 g/mol. The van der Waals surface area contributed by atoms with Crippen LogP contribution in [0.2, 0.25) is 0 Å². The van der Waals surface area contributed by atoms with E-state index in [4.69, 9.17) is 14.5 Å². The molecule has 1 saturated carbocycles. The average Bonchev–Trinajstić information content (AvgIpc) is 2.84. The van der Waals surface area contributed by atoms with Gasteiger partial charge in [-0.25, -0.2) is 14.8 Å². The van der Waals surface area contributed by atoms with Gasteiger partial charge >= 0.3 is 6.09 Å². The second kappa shape index (κ2) is 11.1. The first-order valence-corrected chi connectivity index (χ1v) is 12.6. The quantitative estimate of drug-likeness (QED) is 0.464. The Morgan fingerprint density at radius 1 is 1.11 bits per heavy atom. The van der Waals surface area contributed by atoms with Crippen LogP contribution in [0, 0.1) is 0 Å². The van der Waals surface area contributed by atoms with Crippen LogP contribution in [0.5, 0.6) is 5.75 Å². The number of benzene rings is 2. The molecular formula is C28H36N4O4. The van der Waals surface area contributed by atoms with Crippen LogP contribution < -0.4 is 10.1 Å². The van der Waals surface area contributed by atoms with Gasteiger partial charge in [0.1, 0.15) is 18.0 Å². The number of ether oxygens (including phenoxy) is 2. The van der Waals surface area contributed by atoms with E-state index in [-0.39, 0.29) is 18.2 Å². The molecule has 192 valence electrons. The molecule has 0 saturated heterocycles. The Balaban J connectivity index is 1.40. The molecule has 4 rings (SSSR count). The van der Waals surface area contributed by atoms with Gasteiger partial charge in [-0.1, -0.05) is 30.3 Å². The smallest absolute Gasteiger partial charge is 0.410 e. The SMILES string of the molecule is CN(CCOc1ccc(-c2cccc3cnc(NC4CCC(O)CC4)nc23)cc1)C(=O)OC(C)(C)C. The lowest BCUT2D eigenvalue weighted by Gasteiger charge is -2.26. The fraction of sp³-hybridized carbons (Fsp3) is 0.464. The van der Waals surface area contributed by atoms with Crippen molar-refractivity contribution in [3.63, 3.8) is 0 Å². The molecule has 2 N–H and O–H groups in total. The number of nitrogens with zero attached hydrogens (tertiary/aromatic N) is 3. The summed E-state index contributed by atoms with van der Waals surface area (Å²) in [6.45, 7) is 6.33. The number of amides is 1. The normalized spacial score (nSPS) is 18.0. The van der Waals surface area contributed by atoms with Gasteiger partial charge in [-0.2, -0.15) is 0 Å². The molecular weight excluding hydrogens is 456 g/mol. The average molecular weight is 493 g/mol. The summed E-state index contributed by atoms with van der Waals surface area (Å²) in [4.78, 5) is 22.9. The number of carbonyl (C=O) groups excluding carboxylic acids is 1. The van der Waals surface area contributed by atoms with Gasteiger partial charge in [0, 0.05) is 30.2 Å². The number of rotatable bonds is 7. The summed E-state index contributed by atoms with van der Waals surface area (Å²) in [7, 11) is 1.70. The summed E-state index contributed by atoms with van der Waals surface area (Å²) in [5.74, 6) is 1.35. The van der Waals surface area contributed by atoms with Crippen LogP contribution in [-0.4, -0.2) is 64.0 Å². The number of nitrogens with one attached hydrogen (secondary N) is 1. The van der Waals surface area contributed by atoms with Gasteiger partial charge in [0.2, 0.25) is 5.95 Å². The molecule has 1 aliphatic rings. The standard InChI is InChI=1S/C28H36N4O4/c1-28(2,3)36-27(34)32(4)16-17-35-23-14-8-19(9-15-23)24-7-5-6-20-18-29-26(31-25(20)24)30-21-10-12-22(33)13-11-21/h5-9,14-15,18,21-22,33H,10-13,16-17H2,1-4H3,(H,29,30,31). The Kier molecular flexibility index (Phi) is 7.94. The second-order valence-electron chi connectivity index (χ2n) is 10.4. The third-order valence-electron chi connectivity index (χ3n) is 6.21. The Morgan fingerprint density at radius 2 is 1.83 bits per heavy atom. The molecule has 0 bridgehead atoms. The number of carbonyl (C=O) groups is 1. The summed E-state index contributed by atoms with van der Waals surface area (Å²) in [6.07, 6.45) is 4.74. The zero-order valence-corrected chi connectivity index (χ0v) is 21.5. The largest absolute Gasteiger partial charge is 0.492 e. The van der Waals surface area contributed by atoms with Crippen LogP contribution in [-0.2, 0) is 4.74 Å². The summed E-state index contributed by atoms with van der Waals surface area (Å²) in [6, 6.07) is 14.2. The minimum Gasteiger partial charge on any atom is -0.492 e. The number of hydrogen-bond donors (Lipinski definition) is 2. The fourth-order valence-electron chi connectivity index (χ4n) is 4.22. The van der Waals surface area contributed by atoms with Crippen molar-refractivity contribution >= 4 is 22.9 Å². The minimum atomic E-state index is -0.523. The van der Waals surface area contributed by atoms with Crippen molar-refractivity contribution in [2.75, 3.05) is 25.5 Å². The van der Waals surface area contributed by atoms with E-state index in [1.807, 2.05) is 63.4 Å². The molecule has 36 heavy (non-hydrogen) atoms. The van der Waals surface area contributed by atoms with Crippen LogP contribution in [0.1, 0.15) is 46.5 Å². The van der Waals surface area contributed by atoms with Crippen molar-refractivity contribution in [2.45, 2.75) is 64.2 Å². The lowest BCUT2D eigenvalue weighted by Crippen LogP contribution is -2.36. The maximum Gasteiger partial charge on any atom is 0.410 e. The lowest BCUT2D eigenvalue weighted by molar-refractivity contribution is 0.0278. The van der Waals surface area contributed by atoms with Crippen molar-refractivity contribution < 1.29 is 19.4 Å². The van der Waals surface area contributed by atoms with E-state index >= 15 is 0 Å². The van der Waals surface area contributed by atoms with Crippen molar-refractivity contribution in [3.8, 4) is 16.9 Å². The molecule has 0 spiro atoms. The van der Waals surface area contributed by atoms with Crippen LogP contribution in [0.3, 0.4) is 0 Å². The van der Waals surface area contributed by atoms with E-state index < -0.39 is 5.60 Å². The third kappa shape index (κ3) is 6.85. The first kappa shape index (κ1) is 25.7. The van der Waals surface area contributed by atoms with Gasteiger partial charge < -0.3 is 24.8 Å². The molecule has 0 aliphatic heterocycles. The number of para-hydroxylation sites is 1. The maximum atomic E-state index is 12.1. The van der Waals surface area contributed by atoms with Crippen molar-refractivity contribution in [1.29, 1.82) is 0 Å². The topological polar surface area (TPSA) is 96.8 Å². The zero-order chi connectivity index (χ0) is 25.7. The highest BCUT2D eigenvalue weighted by Crippen LogP contribution is 2.30. The molecule has 8 heteroatoms. The number of aliphatic hydroxyl groups excluding tert-OH is 1. The lowest BCUT2D eigenvalue weighted by atomic mass is 9.93. The number of aliphatic hydroxyl groups is 1. The summed E-state index contributed by atoms with van der Waals surface area (Å²) in [5, 5.41) is 14.2. The van der Waals surface area contributed by atoms with Crippen LogP contribution in [0.25, 0.3) is 22.0 Å². The van der Waals surface area contributed by atoms with Gasteiger partial charge in [-0.3, -0.25) is 0 Å². The molecule has 1 amide bonds. The molecule has 1 heterocycles. The molecule has 0 radical (unpaired) electrons. The number of aromatic nitrogens is 2. The highest BCUT2D eigenvalue weighted by molar-refractivity contribution is 5.93. The summed E-state index contributed by atoms with van der Waals surface area (Å²) < 4.78 is 11.2. The zero-order valence-electron chi connectivity index (χ0n) is 21.5. The Hall–Kier alpha value is -3.39. The molecule has 8 nitrogen and oxygen atoms in total. The first-order chi connectivity index (χ1) is 17.2. The van der Waals surface area contributed by atoms with Crippen molar-refractivity contribution in [3.05, 3.63) is 48.7 Å². The number of fused-ring (bicyclic) bond motifs is 1. The van der Waals surface area contributed by atoms with E-state index in [1.54, 1.807) is 7.05 Å². The highest BCUT2D eigenvalue weighted by Gasteiger charge is 2.21. The molecule has 2 aromatic carbocycles. The predicted octanol–water partition coefficient (Wildman–Crippen LogP) is 5.26. The molecule has 0 unspecified atom stereocenters. The van der Waals surface area contributed by atoms with E-state index in [9.17, 15) is 9.90 Å². The molecule has 0 atom stereocenters. The van der Waals surface area contributed by atoms with E-state index in [2.05, 4.69) is 16.4 Å². The van der Waals surface area contributed by atoms with E-state index in [1.165, 1.54) is 4.90 Å². The van der Waals surface area contributed by atoms with Crippen molar-refractivity contribution in [2.24, 2.45) is 0 Å². The van der Waals surface area contributed by atoms with Gasteiger partial charge in [0.15, 0.2) is 0 Å². The van der Waals surface area contributed by atoms with Gasteiger partial charge in [0.05, 0.1) is 18.2 Å². The first-order valence-electron chi connectivity index (χ1n) is 12.6. The highest BCUT2D eigenvalue weighted by atomic mass is 16.6. The van der Waals surface area contributed by atoms with Gasteiger partial charge in [-0.05, 0) is 64.2 Å². The number of anilines is 1. The molecule has 3 aromatic rings. The van der Waals surface area contributed by atoms with Crippen molar-refractivity contribution in [1.82, 2.24) is 14.9 Å². The van der Waals surface area contributed by atoms with E-state index in [0.29, 0.717) is 19.1 Å². The Morgan fingerprint density at radius 3 is 2.53 bits per heavy atom. The predicted molar refractivity (Wildman–Crippen MR) is 141 cm³/mol. The van der Waals surface area contributed by atoms with Crippen LogP contribution in [0.4, 0.5) is 10.7 Å². The van der Waals surface area contributed by atoms with Crippen LogP contribution in [0.15, 0.2) is 48.7 Å². The van der Waals surface area contributed by atoms with Gasteiger partial charge in [0.25, 0.3) is 0 Å². The van der Waals surface area contributed by atoms with Gasteiger partial charge in [-0.15, -0.1) is 0 Å². The minimum absolute atomic E-state index is 0.190. The molecule has 1 aliphatic carbocycles. The third-order valence-corrected chi connectivity index (χ3v) is 6.21. The fourth-order valence-corrected chi connectivity index (χ4v) is 4.22. The molecule has 1 aromatic heterocycles. The maximum absolute atomic E-state index is 12.1. The number of hydrogen-bond acceptors (Lipinski definition) is 7. The summed E-state index contributed by atoms with van der Waals surface area (Å²) >= 11 is 0.